The minimum atomic E-state index is -3.03. The van der Waals surface area contributed by atoms with Crippen LogP contribution >= 0.6 is 0 Å². The van der Waals surface area contributed by atoms with Crippen LogP contribution in [0.25, 0.3) is 5.69 Å². The molecule has 0 bridgehead atoms. The fourth-order valence-electron chi connectivity index (χ4n) is 2.93. The summed E-state index contributed by atoms with van der Waals surface area (Å²) in [5.41, 5.74) is 1.48. The predicted molar refractivity (Wildman–Crippen MR) is 92.0 cm³/mol. The maximum absolute atomic E-state index is 12.5. The molecule has 0 radical (unpaired) electrons. The number of urea groups is 1. The minimum Gasteiger partial charge on any atom is -0.321 e. The summed E-state index contributed by atoms with van der Waals surface area (Å²) in [4.78, 5) is 14.1. The van der Waals surface area contributed by atoms with Gasteiger partial charge in [0, 0.05) is 30.7 Å². The first kappa shape index (κ1) is 16.5. The van der Waals surface area contributed by atoms with Crippen molar-refractivity contribution in [2.75, 3.05) is 23.4 Å². The van der Waals surface area contributed by atoms with Crippen LogP contribution in [0.1, 0.15) is 13.3 Å². The number of anilines is 1. The Balaban J connectivity index is 1.73. The number of nitrogens with zero attached hydrogens (tertiary/aromatic N) is 3. The Morgan fingerprint density at radius 2 is 2.25 bits per heavy atom. The molecule has 1 aliphatic heterocycles. The second-order valence-corrected chi connectivity index (χ2v) is 8.00. The molecule has 1 N–H and O–H groups in total. The van der Waals surface area contributed by atoms with Gasteiger partial charge in [0.15, 0.2) is 9.84 Å². The molecule has 1 atom stereocenters. The maximum atomic E-state index is 12.5. The normalized spacial score (nSPS) is 19.1. The minimum absolute atomic E-state index is 0.0432. The number of benzene rings is 1. The second kappa shape index (κ2) is 6.64. The predicted octanol–water partition coefficient (Wildman–Crippen LogP) is 1.91. The summed E-state index contributed by atoms with van der Waals surface area (Å²) < 4.78 is 25.0. The Morgan fingerprint density at radius 3 is 2.88 bits per heavy atom. The van der Waals surface area contributed by atoms with Crippen molar-refractivity contribution in [2.24, 2.45) is 0 Å². The van der Waals surface area contributed by atoms with Crippen LogP contribution < -0.4 is 5.32 Å². The van der Waals surface area contributed by atoms with Crippen LogP contribution in [-0.2, 0) is 9.84 Å². The quantitative estimate of drug-likeness (QED) is 0.915. The van der Waals surface area contributed by atoms with Gasteiger partial charge in [0.1, 0.15) is 0 Å². The summed E-state index contributed by atoms with van der Waals surface area (Å²) in [5.74, 6) is 0.192. The summed E-state index contributed by atoms with van der Waals surface area (Å²) in [7, 11) is -3.03. The highest BCUT2D eigenvalue weighted by Gasteiger charge is 2.33. The lowest BCUT2D eigenvalue weighted by atomic mass is 10.2. The van der Waals surface area contributed by atoms with Crippen molar-refractivity contribution in [3.8, 4) is 5.69 Å². The summed E-state index contributed by atoms with van der Waals surface area (Å²) >= 11 is 0. The standard InChI is InChI=1S/C16H20N4O3S/c1-2-19(15-7-10-24(22,23)12-15)16(21)18-13-5-3-6-14(11-13)20-9-4-8-17-20/h3-6,8-9,11,15H,2,7,10,12H2,1H3,(H,18,21)/t15-/m1/s1. The Labute approximate surface area is 141 Å². The molecule has 8 heteroatoms. The molecule has 2 aromatic rings. The van der Waals surface area contributed by atoms with Gasteiger partial charge in [-0.2, -0.15) is 5.10 Å². The number of sulfone groups is 1. The Morgan fingerprint density at radius 1 is 1.42 bits per heavy atom. The van der Waals surface area contributed by atoms with Crippen molar-refractivity contribution >= 4 is 21.6 Å². The number of aromatic nitrogens is 2. The average Bonchev–Trinajstić information content (AvgIpc) is 3.18. The Kier molecular flexibility index (Phi) is 4.57. The number of hydrogen-bond acceptors (Lipinski definition) is 4. The van der Waals surface area contributed by atoms with Crippen LogP contribution in [0.2, 0.25) is 0 Å². The van der Waals surface area contributed by atoms with Crippen LogP contribution in [0.4, 0.5) is 10.5 Å². The molecule has 0 aliphatic carbocycles. The number of carbonyl (C=O) groups excluding carboxylic acids is 1. The third-order valence-electron chi connectivity index (χ3n) is 4.12. The molecule has 3 rings (SSSR count). The summed E-state index contributed by atoms with van der Waals surface area (Å²) in [6.45, 7) is 2.32. The lowest BCUT2D eigenvalue weighted by Gasteiger charge is -2.27. The fraction of sp³-hybridized carbons (Fsp3) is 0.375. The molecule has 1 aliphatic rings. The lowest BCUT2D eigenvalue weighted by Crippen LogP contribution is -2.43. The number of hydrogen-bond donors (Lipinski definition) is 1. The van der Waals surface area contributed by atoms with E-state index in [1.165, 1.54) is 0 Å². The van der Waals surface area contributed by atoms with Gasteiger partial charge in [-0.25, -0.2) is 17.9 Å². The van der Waals surface area contributed by atoms with Crippen molar-refractivity contribution in [3.63, 3.8) is 0 Å². The topological polar surface area (TPSA) is 84.3 Å². The first-order valence-corrected chi connectivity index (χ1v) is 9.69. The average molecular weight is 348 g/mol. The van der Waals surface area contributed by atoms with Gasteiger partial charge in [0.2, 0.25) is 0 Å². The van der Waals surface area contributed by atoms with Crippen molar-refractivity contribution in [2.45, 2.75) is 19.4 Å². The summed E-state index contributed by atoms with van der Waals surface area (Å²) in [6.07, 6.45) is 4.00. The molecule has 1 saturated heterocycles. The zero-order valence-corrected chi connectivity index (χ0v) is 14.2. The molecule has 0 unspecified atom stereocenters. The summed E-state index contributed by atoms with van der Waals surface area (Å²) in [6, 6.07) is 8.64. The zero-order chi connectivity index (χ0) is 17.2. The van der Waals surface area contributed by atoms with Gasteiger partial charge in [0.05, 0.1) is 17.2 Å². The summed E-state index contributed by atoms with van der Waals surface area (Å²) in [5, 5.41) is 7.01. The van der Waals surface area contributed by atoms with Gasteiger partial charge < -0.3 is 10.2 Å². The monoisotopic (exact) mass is 348 g/mol. The number of carbonyl (C=O) groups is 1. The van der Waals surface area contributed by atoms with Crippen molar-refractivity contribution in [1.82, 2.24) is 14.7 Å². The highest BCUT2D eigenvalue weighted by molar-refractivity contribution is 7.91. The highest BCUT2D eigenvalue weighted by atomic mass is 32.2. The van der Waals surface area contributed by atoms with Crippen molar-refractivity contribution in [1.29, 1.82) is 0 Å². The van der Waals surface area contributed by atoms with E-state index < -0.39 is 9.84 Å². The molecule has 0 spiro atoms. The van der Waals surface area contributed by atoms with E-state index in [-0.39, 0.29) is 23.6 Å². The van der Waals surface area contributed by atoms with Crippen LogP contribution in [0.5, 0.6) is 0 Å². The number of rotatable bonds is 4. The van der Waals surface area contributed by atoms with Crippen molar-refractivity contribution in [3.05, 3.63) is 42.7 Å². The largest absolute Gasteiger partial charge is 0.322 e. The molecule has 2 amide bonds. The fourth-order valence-corrected chi connectivity index (χ4v) is 4.66. The van der Waals surface area contributed by atoms with E-state index in [2.05, 4.69) is 10.4 Å². The molecular formula is C16H20N4O3S. The van der Waals surface area contributed by atoms with E-state index in [1.54, 1.807) is 21.8 Å². The van der Waals surface area contributed by atoms with E-state index in [0.717, 1.165) is 5.69 Å². The molecule has 24 heavy (non-hydrogen) atoms. The van der Waals surface area contributed by atoms with E-state index in [1.807, 2.05) is 37.4 Å². The van der Waals surface area contributed by atoms with Gasteiger partial charge in [-0.15, -0.1) is 0 Å². The zero-order valence-electron chi connectivity index (χ0n) is 13.4. The third-order valence-corrected chi connectivity index (χ3v) is 5.87. The smallest absolute Gasteiger partial charge is 0.321 e. The van der Waals surface area contributed by atoms with E-state index >= 15 is 0 Å². The molecule has 128 valence electrons. The van der Waals surface area contributed by atoms with E-state index in [4.69, 9.17) is 0 Å². The van der Waals surface area contributed by atoms with Crippen LogP contribution in [-0.4, -0.2) is 53.2 Å². The molecular weight excluding hydrogens is 328 g/mol. The van der Waals surface area contributed by atoms with Crippen LogP contribution in [0.15, 0.2) is 42.7 Å². The van der Waals surface area contributed by atoms with Crippen LogP contribution in [0, 0.1) is 0 Å². The first-order valence-electron chi connectivity index (χ1n) is 7.86. The SMILES string of the molecule is CCN(C(=O)Nc1cccc(-n2cccn2)c1)[C@@H]1CCS(=O)(=O)C1. The van der Waals surface area contributed by atoms with Crippen molar-refractivity contribution < 1.29 is 13.2 Å². The highest BCUT2D eigenvalue weighted by Crippen LogP contribution is 2.20. The van der Waals surface area contributed by atoms with Gasteiger partial charge >= 0.3 is 6.03 Å². The maximum Gasteiger partial charge on any atom is 0.322 e. The number of nitrogens with one attached hydrogen (secondary N) is 1. The Hall–Kier alpha value is -2.35. The molecule has 1 aromatic heterocycles. The molecule has 2 heterocycles. The van der Waals surface area contributed by atoms with E-state index in [9.17, 15) is 13.2 Å². The number of amides is 2. The lowest BCUT2D eigenvalue weighted by molar-refractivity contribution is 0.197. The Bertz CT molecular complexity index is 818. The van der Waals surface area contributed by atoms with Gasteiger partial charge in [-0.05, 0) is 37.6 Å². The first-order chi connectivity index (χ1) is 11.5. The molecule has 1 fully saturated rings. The van der Waals surface area contributed by atoms with Gasteiger partial charge in [-0.1, -0.05) is 6.07 Å². The molecule has 0 saturated carbocycles. The molecule has 1 aromatic carbocycles. The van der Waals surface area contributed by atoms with E-state index in [0.29, 0.717) is 18.7 Å². The second-order valence-electron chi connectivity index (χ2n) is 5.77. The van der Waals surface area contributed by atoms with Crippen LogP contribution in [0.3, 0.4) is 0 Å². The van der Waals surface area contributed by atoms with Gasteiger partial charge in [-0.3, -0.25) is 0 Å². The third kappa shape index (κ3) is 3.59. The molecule has 7 nitrogen and oxygen atoms in total. The van der Waals surface area contributed by atoms with Gasteiger partial charge in [0.25, 0.3) is 0 Å².